The van der Waals surface area contributed by atoms with Crippen LogP contribution in [0, 0.1) is 5.92 Å². The van der Waals surface area contributed by atoms with Gasteiger partial charge in [0.1, 0.15) is 5.69 Å². The second-order valence-electron chi connectivity index (χ2n) is 3.82. The van der Waals surface area contributed by atoms with Crippen molar-refractivity contribution in [2.75, 3.05) is 19.0 Å². The average Bonchev–Trinajstić information content (AvgIpc) is 2.85. The number of amides is 1. The summed E-state index contributed by atoms with van der Waals surface area (Å²) in [6.45, 7) is 1.02. The summed E-state index contributed by atoms with van der Waals surface area (Å²) in [6.07, 6.45) is 0.714. The highest BCUT2D eigenvalue weighted by Gasteiger charge is 2.25. The van der Waals surface area contributed by atoms with Crippen molar-refractivity contribution in [1.29, 1.82) is 0 Å². The molecule has 94 valence electrons. The molecule has 0 unspecified atom stereocenters. The summed E-state index contributed by atoms with van der Waals surface area (Å²) in [5, 5.41) is 1.50. The predicted octanol–water partition coefficient (Wildman–Crippen LogP) is 0.239. The summed E-state index contributed by atoms with van der Waals surface area (Å²) in [7, 11) is -3.61. The predicted molar refractivity (Wildman–Crippen MR) is 62.3 cm³/mol. The van der Waals surface area contributed by atoms with Crippen LogP contribution in [0.4, 0.5) is 0 Å². The number of hydrogen-bond acceptors (Lipinski definition) is 6. The monoisotopic (exact) mass is 276 g/mol. The van der Waals surface area contributed by atoms with Crippen LogP contribution >= 0.6 is 11.3 Å². The van der Waals surface area contributed by atoms with Crippen LogP contribution in [0.15, 0.2) is 10.9 Å². The number of thiazole rings is 1. The third kappa shape index (κ3) is 3.48. The van der Waals surface area contributed by atoms with E-state index < -0.39 is 15.9 Å². The molecular weight excluding hydrogens is 264 g/mol. The van der Waals surface area contributed by atoms with Crippen molar-refractivity contribution in [2.45, 2.75) is 6.42 Å². The van der Waals surface area contributed by atoms with E-state index in [1.165, 1.54) is 22.2 Å². The maximum Gasteiger partial charge on any atom is 0.284 e. The van der Waals surface area contributed by atoms with Crippen LogP contribution < -0.4 is 4.72 Å². The Morgan fingerprint density at radius 1 is 1.65 bits per heavy atom. The second-order valence-corrected chi connectivity index (χ2v) is 6.30. The fourth-order valence-electron chi connectivity index (χ4n) is 1.58. The molecule has 0 radical (unpaired) electrons. The highest BCUT2D eigenvalue weighted by molar-refractivity contribution is 7.90. The van der Waals surface area contributed by atoms with Crippen molar-refractivity contribution in [3.63, 3.8) is 0 Å². The van der Waals surface area contributed by atoms with E-state index in [0.29, 0.717) is 19.6 Å². The zero-order valence-electron chi connectivity index (χ0n) is 8.96. The third-order valence-electron chi connectivity index (χ3n) is 2.39. The first-order valence-corrected chi connectivity index (χ1v) is 7.67. The Morgan fingerprint density at radius 3 is 3.06 bits per heavy atom. The maximum absolute atomic E-state index is 11.7. The zero-order chi connectivity index (χ0) is 12.3. The molecule has 8 heteroatoms. The molecule has 0 bridgehead atoms. The van der Waals surface area contributed by atoms with Crippen molar-refractivity contribution >= 4 is 27.3 Å². The van der Waals surface area contributed by atoms with E-state index in [1.807, 2.05) is 4.72 Å². The van der Waals surface area contributed by atoms with E-state index >= 15 is 0 Å². The molecule has 1 atom stereocenters. The number of ether oxygens (including phenoxy) is 1. The lowest BCUT2D eigenvalue weighted by Gasteiger charge is -2.09. The van der Waals surface area contributed by atoms with Crippen molar-refractivity contribution in [3.05, 3.63) is 16.6 Å². The van der Waals surface area contributed by atoms with Crippen LogP contribution in [0.5, 0.6) is 0 Å². The lowest BCUT2D eigenvalue weighted by Crippen LogP contribution is -2.35. The summed E-state index contributed by atoms with van der Waals surface area (Å²) in [5.74, 6) is -0.788. The Bertz CT molecular complexity index is 477. The summed E-state index contributed by atoms with van der Waals surface area (Å²) in [6, 6.07) is 0. The third-order valence-corrected chi connectivity index (χ3v) is 4.39. The molecule has 6 nitrogen and oxygen atoms in total. The fraction of sp³-hybridized carbons (Fsp3) is 0.556. The smallest absolute Gasteiger partial charge is 0.284 e. The molecule has 1 N–H and O–H groups in total. The minimum atomic E-state index is -3.61. The maximum atomic E-state index is 11.7. The number of rotatable bonds is 4. The summed E-state index contributed by atoms with van der Waals surface area (Å²) in [4.78, 5) is 15.3. The summed E-state index contributed by atoms with van der Waals surface area (Å²) >= 11 is 1.24. The largest absolute Gasteiger partial charge is 0.381 e. The number of sulfonamides is 1. The standard InChI is InChI=1S/C9H12N2O4S2/c12-9(8-4-16-6-10-8)11-17(13,14)5-7-1-2-15-3-7/h4,6-7H,1-3,5H2,(H,11,12)/t7-/m0/s1. The number of hydrogen-bond donors (Lipinski definition) is 1. The highest BCUT2D eigenvalue weighted by atomic mass is 32.2. The van der Waals surface area contributed by atoms with E-state index in [0.717, 1.165) is 0 Å². The first kappa shape index (κ1) is 12.5. The van der Waals surface area contributed by atoms with Gasteiger partial charge in [-0.2, -0.15) is 0 Å². The Kier molecular flexibility index (Phi) is 3.75. The molecule has 2 rings (SSSR count). The Balaban J connectivity index is 1.95. The fourth-order valence-corrected chi connectivity index (χ4v) is 3.47. The number of nitrogens with one attached hydrogen (secondary N) is 1. The molecule has 1 aliphatic rings. The number of nitrogens with zero attached hydrogens (tertiary/aromatic N) is 1. The molecular formula is C9H12N2O4S2. The molecule has 17 heavy (non-hydrogen) atoms. The lowest BCUT2D eigenvalue weighted by atomic mass is 10.2. The van der Waals surface area contributed by atoms with Crippen LogP contribution in [0.2, 0.25) is 0 Å². The van der Waals surface area contributed by atoms with Gasteiger partial charge in [0, 0.05) is 17.9 Å². The zero-order valence-corrected chi connectivity index (χ0v) is 10.6. The summed E-state index contributed by atoms with van der Waals surface area (Å²) < 4.78 is 30.5. The summed E-state index contributed by atoms with van der Waals surface area (Å²) in [5.41, 5.74) is 1.60. The van der Waals surface area contributed by atoms with Gasteiger partial charge in [-0.3, -0.25) is 4.79 Å². The van der Waals surface area contributed by atoms with Gasteiger partial charge in [-0.1, -0.05) is 0 Å². The number of carbonyl (C=O) groups excluding carboxylic acids is 1. The molecule has 0 aliphatic carbocycles. The topological polar surface area (TPSA) is 85.4 Å². The van der Waals surface area contributed by atoms with E-state index in [2.05, 4.69) is 4.98 Å². The minimum absolute atomic E-state index is 0.0317. The minimum Gasteiger partial charge on any atom is -0.381 e. The molecule has 0 saturated carbocycles. The van der Waals surface area contributed by atoms with E-state index in [-0.39, 0.29) is 17.4 Å². The molecule has 0 spiro atoms. The SMILES string of the molecule is O=C(NS(=O)(=O)C[C@H]1CCOC1)c1cscn1. The number of aromatic nitrogens is 1. The van der Waals surface area contributed by atoms with Gasteiger partial charge in [-0.25, -0.2) is 18.1 Å². The van der Waals surface area contributed by atoms with Gasteiger partial charge < -0.3 is 4.74 Å². The van der Waals surface area contributed by atoms with Gasteiger partial charge >= 0.3 is 0 Å². The Morgan fingerprint density at radius 2 is 2.47 bits per heavy atom. The second kappa shape index (κ2) is 5.11. The van der Waals surface area contributed by atoms with E-state index in [1.54, 1.807) is 0 Å². The molecule has 0 aromatic carbocycles. The average molecular weight is 276 g/mol. The molecule has 1 aromatic heterocycles. The van der Waals surface area contributed by atoms with Crippen LogP contribution in [-0.4, -0.2) is 38.3 Å². The van der Waals surface area contributed by atoms with Crippen molar-refractivity contribution in [2.24, 2.45) is 5.92 Å². The van der Waals surface area contributed by atoms with E-state index in [9.17, 15) is 13.2 Å². The van der Waals surface area contributed by atoms with Crippen LogP contribution in [0.1, 0.15) is 16.9 Å². The lowest BCUT2D eigenvalue weighted by molar-refractivity contribution is 0.0977. The number of carbonyl (C=O) groups is 1. The highest BCUT2D eigenvalue weighted by Crippen LogP contribution is 2.14. The van der Waals surface area contributed by atoms with Crippen molar-refractivity contribution in [3.8, 4) is 0 Å². The normalized spacial score (nSPS) is 20.4. The van der Waals surface area contributed by atoms with Gasteiger partial charge in [-0.05, 0) is 6.42 Å². The van der Waals surface area contributed by atoms with Gasteiger partial charge in [-0.15, -0.1) is 11.3 Å². The van der Waals surface area contributed by atoms with E-state index in [4.69, 9.17) is 4.74 Å². The molecule has 2 heterocycles. The van der Waals surface area contributed by atoms with Crippen molar-refractivity contribution < 1.29 is 17.9 Å². The van der Waals surface area contributed by atoms with Crippen LogP contribution in [0.3, 0.4) is 0 Å². The van der Waals surface area contributed by atoms with Gasteiger partial charge in [0.25, 0.3) is 5.91 Å². The van der Waals surface area contributed by atoms with Gasteiger partial charge in [0.2, 0.25) is 10.0 Å². The molecule has 1 aromatic rings. The van der Waals surface area contributed by atoms with Gasteiger partial charge in [0.15, 0.2) is 0 Å². The molecule has 1 aliphatic heterocycles. The first-order valence-electron chi connectivity index (χ1n) is 5.07. The Labute approximate surface area is 103 Å². The van der Waals surface area contributed by atoms with Crippen LogP contribution in [0.25, 0.3) is 0 Å². The van der Waals surface area contributed by atoms with Gasteiger partial charge in [0.05, 0.1) is 17.9 Å². The Hall–Kier alpha value is -0.990. The molecule has 1 amide bonds. The first-order chi connectivity index (χ1) is 8.07. The van der Waals surface area contributed by atoms with Crippen molar-refractivity contribution in [1.82, 2.24) is 9.71 Å². The molecule has 1 fully saturated rings. The molecule has 1 saturated heterocycles. The van der Waals surface area contributed by atoms with Crippen LogP contribution in [-0.2, 0) is 14.8 Å². The quantitative estimate of drug-likeness (QED) is 0.851.